The van der Waals surface area contributed by atoms with Crippen LogP contribution in [0.3, 0.4) is 0 Å². The Hall–Kier alpha value is -5.54. The van der Waals surface area contributed by atoms with Crippen LogP contribution < -0.4 is 20.7 Å². The van der Waals surface area contributed by atoms with Gasteiger partial charge in [-0.1, -0.05) is 30.2 Å². The molecule has 1 aromatic carbocycles. The van der Waals surface area contributed by atoms with Gasteiger partial charge in [0.2, 0.25) is 23.5 Å². The molecule has 278 valence electrons. The van der Waals surface area contributed by atoms with Crippen molar-refractivity contribution in [2.45, 2.75) is 95.4 Å². The predicted molar refractivity (Wildman–Crippen MR) is 183 cm³/mol. The third kappa shape index (κ3) is 7.66. The van der Waals surface area contributed by atoms with Crippen molar-refractivity contribution in [1.29, 1.82) is 0 Å². The molecule has 0 spiro atoms. The Balaban J connectivity index is 1.18. The molecule has 3 fully saturated rings. The third-order valence-corrected chi connectivity index (χ3v) is 10.2. The Morgan fingerprint density at radius 3 is 2.60 bits per heavy atom. The summed E-state index contributed by atoms with van der Waals surface area (Å²) in [5.41, 5.74) is -0.402. The lowest BCUT2D eigenvalue weighted by molar-refractivity contribution is -0.144. The largest absolute Gasteiger partial charge is 0.471 e. The minimum atomic E-state index is -1.52. The van der Waals surface area contributed by atoms with E-state index in [1.165, 1.54) is 29.2 Å². The zero-order valence-electron chi connectivity index (χ0n) is 29.4. The number of amides is 5. The van der Waals surface area contributed by atoms with Crippen molar-refractivity contribution in [2.75, 3.05) is 6.54 Å². The fourth-order valence-electron chi connectivity index (χ4n) is 7.05. The predicted octanol–water partition coefficient (Wildman–Crippen LogP) is 2.54. The number of ether oxygens (including phenoxy) is 1. The number of halogens is 1. The van der Waals surface area contributed by atoms with E-state index in [9.17, 15) is 33.2 Å². The van der Waals surface area contributed by atoms with Crippen molar-refractivity contribution in [3.05, 3.63) is 59.4 Å². The summed E-state index contributed by atoms with van der Waals surface area (Å²) in [7, 11) is 0. The van der Waals surface area contributed by atoms with E-state index in [-0.39, 0.29) is 42.9 Å². The van der Waals surface area contributed by atoms with E-state index in [0.29, 0.717) is 42.7 Å². The van der Waals surface area contributed by atoms with Crippen LogP contribution >= 0.6 is 0 Å². The number of aromatic nitrogens is 3. The summed E-state index contributed by atoms with van der Waals surface area (Å²) in [4.78, 5) is 90.9. The maximum absolute atomic E-state index is 14.4. The average molecular weight is 730 g/mol. The molecule has 0 radical (unpaired) electrons. The molecule has 3 aromatic rings. The number of ketones is 1. The fraction of sp³-hybridized carbons (Fsp3) is 0.486. The number of aryl methyl sites for hydroxylation is 2. The molecule has 4 heterocycles. The Morgan fingerprint density at radius 2 is 1.85 bits per heavy atom. The Labute approximate surface area is 303 Å². The van der Waals surface area contributed by atoms with Crippen LogP contribution in [-0.2, 0) is 24.0 Å². The lowest BCUT2D eigenvalue weighted by atomic mass is 10.0. The summed E-state index contributed by atoms with van der Waals surface area (Å²) in [6.07, 6.45) is 7.32. The molecule has 4 aliphatic rings. The standard InChI is InChI=1S/C37H40FN7O8/c1-19-14-28(44-53-19)31(47)40-26-9-7-5-3-4-6-8-22-17-37(22,36(51)42-33(49)30(46)21-10-11-21)43-32(48)29-16-24(18-45(29)35(26)50)52-34-20(2)39-25-13-12-23(38)15-27(25)41-34/h6,8,12-15,21-22,24,26,29H,3-5,7,9-11,16-18H2,1-2H3,(H,40,47)(H,43,48)(H,42,49,51)/b8-6-/t22?,24?,26-,29-,37+/m0/s1. The number of rotatable bonds is 7. The van der Waals surface area contributed by atoms with E-state index in [1.807, 2.05) is 12.2 Å². The Kier molecular flexibility index (Phi) is 9.79. The van der Waals surface area contributed by atoms with Crippen LogP contribution in [0.4, 0.5) is 4.39 Å². The van der Waals surface area contributed by atoms with Gasteiger partial charge < -0.3 is 24.8 Å². The van der Waals surface area contributed by atoms with Crippen molar-refractivity contribution in [3.63, 3.8) is 0 Å². The summed E-state index contributed by atoms with van der Waals surface area (Å²) in [6, 6.07) is 3.23. The second-order valence-electron chi connectivity index (χ2n) is 14.3. The molecule has 5 atom stereocenters. The quantitative estimate of drug-likeness (QED) is 0.238. The first-order valence-corrected chi connectivity index (χ1v) is 18.0. The third-order valence-electron chi connectivity index (χ3n) is 10.2. The molecule has 3 N–H and O–H groups in total. The molecule has 5 amide bonds. The molecule has 15 nitrogen and oxygen atoms in total. The lowest BCUT2D eigenvalue weighted by Crippen LogP contribution is -2.58. The van der Waals surface area contributed by atoms with Crippen molar-refractivity contribution >= 4 is 46.4 Å². The first kappa shape index (κ1) is 35.8. The molecule has 2 aromatic heterocycles. The fourth-order valence-corrected chi connectivity index (χ4v) is 7.05. The van der Waals surface area contributed by atoms with E-state index in [1.54, 1.807) is 13.8 Å². The van der Waals surface area contributed by atoms with Gasteiger partial charge in [-0.2, -0.15) is 0 Å². The van der Waals surface area contributed by atoms with E-state index in [4.69, 9.17) is 9.26 Å². The van der Waals surface area contributed by atoms with Crippen LogP contribution in [0.5, 0.6) is 5.88 Å². The molecule has 7 rings (SSSR count). The molecular weight excluding hydrogens is 689 g/mol. The zero-order chi connectivity index (χ0) is 37.4. The maximum atomic E-state index is 14.4. The molecule has 2 unspecified atom stereocenters. The van der Waals surface area contributed by atoms with Crippen LogP contribution in [0.1, 0.15) is 79.7 Å². The highest BCUT2D eigenvalue weighted by Gasteiger charge is 2.61. The first-order valence-electron chi connectivity index (χ1n) is 18.0. The van der Waals surface area contributed by atoms with Gasteiger partial charge in [0.25, 0.3) is 17.7 Å². The van der Waals surface area contributed by atoms with Crippen molar-refractivity contribution in [2.24, 2.45) is 11.8 Å². The van der Waals surface area contributed by atoms with Gasteiger partial charge in [0.05, 0.1) is 17.6 Å². The summed E-state index contributed by atoms with van der Waals surface area (Å²) in [5.74, 6) is -5.16. The number of hydrogen-bond acceptors (Lipinski definition) is 11. The van der Waals surface area contributed by atoms with Crippen LogP contribution in [-0.4, -0.2) is 85.6 Å². The van der Waals surface area contributed by atoms with Crippen molar-refractivity contribution < 1.29 is 42.4 Å². The minimum absolute atomic E-state index is 0.00233. The number of nitrogens with one attached hydrogen (secondary N) is 3. The number of nitrogens with zero attached hydrogens (tertiary/aromatic N) is 4. The second kappa shape index (κ2) is 14.5. The number of Topliss-reactive ketones (excluding diaryl/α,β-unsaturated/α-hetero) is 1. The molecule has 53 heavy (non-hydrogen) atoms. The molecule has 0 bridgehead atoms. The number of imide groups is 1. The monoisotopic (exact) mass is 729 g/mol. The lowest BCUT2D eigenvalue weighted by Gasteiger charge is -2.29. The topological polar surface area (TPSA) is 203 Å². The van der Waals surface area contributed by atoms with Crippen molar-refractivity contribution in [1.82, 2.24) is 36.0 Å². The molecular formula is C37H40FN7O8. The molecule has 1 saturated heterocycles. The number of hydrogen-bond donors (Lipinski definition) is 3. The van der Waals surface area contributed by atoms with Gasteiger partial charge >= 0.3 is 0 Å². The van der Waals surface area contributed by atoms with Crippen molar-refractivity contribution in [3.8, 4) is 5.88 Å². The highest BCUT2D eigenvalue weighted by atomic mass is 19.1. The van der Waals surface area contributed by atoms with Gasteiger partial charge in [-0.05, 0) is 64.5 Å². The average Bonchev–Trinajstić information content (AvgIpc) is 4.00. The second-order valence-corrected chi connectivity index (χ2v) is 14.3. The van der Waals surface area contributed by atoms with Crippen LogP contribution in [0, 0.1) is 31.5 Å². The first-order chi connectivity index (χ1) is 25.4. The van der Waals surface area contributed by atoms with E-state index in [2.05, 4.69) is 31.1 Å². The van der Waals surface area contributed by atoms with E-state index >= 15 is 0 Å². The van der Waals surface area contributed by atoms with Gasteiger partial charge in [-0.25, -0.2) is 14.4 Å². The summed E-state index contributed by atoms with van der Waals surface area (Å²) in [6.45, 7) is 3.22. The Bertz CT molecular complexity index is 2030. The molecule has 16 heteroatoms. The summed E-state index contributed by atoms with van der Waals surface area (Å²) >= 11 is 0. The SMILES string of the molecule is Cc1cc(C(=O)N[C@H]2CCCCC/C=C\C3C[C@@]3(C(=O)NC(=O)C(=O)C3CC3)NC(=O)[C@@H]3CC(Oc4nc5cc(F)ccc5nc4C)CN3C2=O)no1. The van der Waals surface area contributed by atoms with E-state index < -0.39 is 76.7 Å². The van der Waals surface area contributed by atoms with Gasteiger partial charge in [0, 0.05) is 30.4 Å². The normalized spacial score (nSPS) is 26.7. The number of fused-ring (bicyclic) bond motifs is 3. The van der Waals surface area contributed by atoms with Gasteiger partial charge in [0.15, 0.2) is 5.69 Å². The van der Waals surface area contributed by atoms with Gasteiger partial charge in [-0.3, -0.25) is 34.1 Å². The van der Waals surface area contributed by atoms with Crippen LogP contribution in [0.2, 0.25) is 0 Å². The number of allylic oxidation sites excluding steroid dienone is 1. The summed E-state index contributed by atoms with van der Waals surface area (Å²) in [5, 5.41) is 11.6. The number of benzene rings is 1. The number of carbonyl (C=O) groups excluding carboxylic acids is 6. The molecule has 2 aliphatic heterocycles. The van der Waals surface area contributed by atoms with Gasteiger partial charge in [-0.15, -0.1) is 0 Å². The van der Waals surface area contributed by atoms with Gasteiger partial charge in [0.1, 0.15) is 41.0 Å². The number of carbonyl (C=O) groups is 6. The minimum Gasteiger partial charge on any atom is -0.471 e. The highest BCUT2D eigenvalue weighted by molar-refractivity contribution is 6.40. The van der Waals surface area contributed by atoms with Crippen LogP contribution in [0.15, 0.2) is 40.9 Å². The Morgan fingerprint density at radius 1 is 1.04 bits per heavy atom. The summed E-state index contributed by atoms with van der Waals surface area (Å²) < 4.78 is 25.3. The van der Waals surface area contributed by atoms with Crippen LogP contribution in [0.25, 0.3) is 11.0 Å². The highest BCUT2D eigenvalue weighted by Crippen LogP contribution is 2.45. The molecule has 2 aliphatic carbocycles. The maximum Gasteiger partial charge on any atom is 0.294 e. The zero-order valence-corrected chi connectivity index (χ0v) is 29.4. The smallest absolute Gasteiger partial charge is 0.294 e. The molecule has 2 saturated carbocycles. The van der Waals surface area contributed by atoms with E-state index in [0.717, 1.165) is 12.8 Å².